The van der Waals surface area contributed by atoms with E-state index in [9.17, 15) is 22.8 Å². The van der Waals surface area contributed by atoms with Crippen molar-refractivity contribution < 1.29 is 32.0 Å². The minimum absolute atomic E-state index is 0.0260. The Morgan fingerprint density at radius 3 is 2.30 bits per heavy atom. The van der Waals surface area contributed by atoms with E-state index in [1.165, 1.54) is 24.3 Å². The number of nitrogens with one attached hydrogen (secondary N) is 2. The van der Waals surface area contributed by atoms with Crippen molar-refractivity contribution in [2.75, 3.05) is 0 Å². The molecule has 30 heavy (non-hydrogen) atoms. The van der Waals surface area contributed by atoms with Crippen LogP contribution in [0.2, 0.25) is 0 Å². The molecule has 162 valence electrons. The van der Waals surface area contributed by atoms with Crippen LogP contribution in [0.1, 0.15) is 50.4 Å². The maximum Gasteiger partial charge on any atom is 0.471 e. The van der Waals surface area contributed by atoms with Crippen LogP contribution in [0, 0.1) is 5.41 Å². The monoisotopic (exact) mass is 426 g/mol. The summed E-state index contributed by atoms with van der Waals surface area (Å²) in [5, 5.41) is 13.7. The van der Waals surface area contributed by atoms with E-state index >= 15 is 0 Å². The molecule has 2 aromatic rings. The average Bonchev–Trinajstić information content (AvgIpc) is 3.10. The van der Waals surface area contributed by atoms with E-state index in [4.69, 9.17) is 10.1 Å². The van der Waals surface area contributed by atoms with Gasteiger partial charge >= 0.3 is 18.0 Å². The second-order valence-electron chi connectivity index (χ2n) is 7.56. The lowest BCUT2D eigenvalue weighted by Crippen LogP contribution is -2.37. The first-order chi connectivity index (χ1) is 13.8. The number of esters is 1. The molecule has 11 heteroatoms. The molecule has 0 aliphatic rings. The van der Waals surface area contributed by atoms with E-state index in [0.717, 1.165) is 0 Å². The fourth-order valence-corrected chi connectivity index (χ4v) is 2.31. The lowest BCUT2D eigenvalue weighted by molar-refractivity contribution is -0.159. The highest BCUT2D eigenvalue weighted by atomic mass is 19.4. The zero-order chi connectivity index (χ0) is 22.7. The van der Waals surface area contributed by atoms with E-state index < -0.39 is 35.6 Å². The molecule has 2 N–H and O–H groups in total. The van der Waals surface area contributed by atoms with Crippen molar-refractivity contribution in [2.24, 2.45) is 0 Å². The standard InChI is InChI=1S/C19H21F3N4O4/c1-10(9-13(23)16(28)29-18(2,3)4)24-15(27)12-7-5-11(6-8-12)14-25-17(30-26-14)19(20,21)22/h5-8,10,23H,9H2,1-4H3,(H,24,27). The van der Waals surface area contributed by atoms with Gasteiger partial charge in [-0.05, 0) is 39.8 Å². The first-order valence-electron chi connectivity index (χ1n) is 8.89. The van der Waals surface area contributed by atoms with E-state index in [0.29, 0.717) is 0 Å². The number of amides is 1. The quantitative estimate of drug-likeness (QED) is 0.538. The maximum atomic E-state index is 12.5. The zero-order valence-corrected chi connectivity index (χ0v) is 16.8. The topological polar surface area (TPSA) is 118 Å². The summed E-state index contributed by atoms with van der Waals surface area (Å²) in [4.78, 5) is 27.4. The molecule has 0 saturated carbocycles. The summed E-state index contributed by atoms with van der Waals surface area (Å²) >= 11 is 0. The van der Waals surface area contributed by atoms with Gasteiger partial charge in [0.15, 0.2) is 0 Å². The average molecular weight is 426 g/mol. The molecular formula is C19H21F3N4O4. The number of nitrogens with zero attached hydrogens (tertiary/aromatic N) is 2. The van der Waals surface area contributed by atoms with Gasteiger partial charge in [0.05, 0.1) is 0 Å². The van der Waals surface area contributed by atoms with E-state index in [1.54, 1.807) is 27.7 Å². The van der Waals surface area contributed by atoms with Crippen LogP contribution in [-0.2, 0) is 15.7 Å². The first kappa shape index (κ1) is 23.0. The highest BCUT2D eigenvalue weighted by molar-refractivity contribution is 6.35. The molecule has 2 rings (SSSR count). The summed E-state index contributed by atoms with van der Waals surface area (Å²) in [5.41, 5.74) is -0.526. The molecule has 0 fully saturated rings. The Kier molecular flexibility index (Phi) is 6.63. The molecule has 0 bridgehead atoms. The fourth-order valence-electron chi connectivity index (χ4n) is 2.31. The second-order valence-corrected chi connectivity index (χ2v) is 7.56. The van der Waals surface area contributed by atoms with Gasteiger partial charge in [-0.25, -0.2) is 4.79 Å². The summed E-state index contributed by atoms with van der Waals surface area (Å²) in [5.74, 6) is -2.95. The summed E-state index contributed by atoms with van der Waals surface area (Å²) in [7, 11) is 0. The summed E-state index contributed by atoms with van der Waals surface area (Å²) < 4.78 is 46.9. The second kappa shape index (κ2) is 8.64. The lowest BCUT2D eigenvalue weighted by atomic mass is 10.1. The van der Waals surface area contributed by atoms with Gasteiger partial charge in [0, 0.05) is 23.6 Å². The van der Waals surface area contributed by atoms with Crippen molar-refractivity contribution in [3.8, 4) is 11.4 Å². The highest BCUT2D eigenvalue weighted by Crippen LogP contribution is 2.29. The predicted molar refractivity (Wildman–Crippen MR) is 99.9 cm³/mol. The number of ether oxygens (including phenoxy) is 1. The van der Waals surface area contributed by atoms with Gasteiger partial charge in [-0.3, -0.25) is 10.2 Å². The van der Waals surface area contributed by atoms with Crippen molar-refractivity contribution in [3.63, 3.8) is 0 Å². The molecule has 0 radical (unpaired) electrons. The molecular weight excluding hydrogens is 405 g/mol. The van der Waals surface area contributed by atoms with Gasteiger partial charge in [0.2, 0.25) is 5.82 Å². The van der Waals surface area contributed by atoms with Crippen LogP contribution in [0.4, 0.5) is 13.2 Å². The van der Waals surface area contributed by atoms with Gasteiger partial charge in [0.25, 0.3) is 5.91 Å². The molecule has 1 aromatic carbocycles. The van der Waals surface area contributed by atoms with Crippen molar-refractivity contribution in [1.82, 2.24) is 15.5 Å². The molecule has 0 aliphatic heterocycles. The number of hydrogen-bond acceptors (Lipinski definition) is 7. The number of alkyl halides is 3. The summed E-state index contributed by atoms with van der Waals surface area (Å²) in [6.45, 7) is 6.69. The molecule has 0 aliphatic carbocycles. The number of hydrogen-bond donors (Lipinski definition) is 2. The van der Waals surface area contributed by atoms with Crippen LogP contribution >= 0.6 is 0 Å². The third-order valence-electron chi connectivity index (χ3n) is 3.61. The molecule has 1 heterocycles. The van der Waals surface area contributed by atoms with E-state index in [2.05, 4.69) is 20.0 Å². The number of aromatic nitrogens is 2. The molecule has 0 spiro atoms. The van der Waals surface area contributed by atoms with Gasteiger partial charge in [-0.1, -0.05) is 17.3 Å². The number of carbonyl (C=O) groups excluding carboxylic acids is 2. The number of rotatable bonds is 6. The van der Waals surface area contributed by atoms with Crippen molar-refractivity contribution >= 4 is 17.6 Å². The summed E-state index contributed by atoms with van der Waals surface area (Å²) in [6, 6.07) is 5.02. The van der Waals surface area contributed by atoms with Gasteiger partial charge in [0.1, 0.15) is 11.3 Å². The highest BCUT2D eigenvalue weighted by Gasteiger charge is 2.38. The number of halogens is 3. The van der Waals surface area contributed by atoms with Gasteiger partial charge in [-0.15, -0.1) is 0 Å². The minimum atomic E-state index is -4.74. The van der Waals surface area contributed by atoms with Crippen LogP contribution in [0.3, 0.4) is 0 Å². The molecule has 1 aromatic heterocycles. The number of carbonyl (C=O) groups is 2. The SMILES string of the molecule is CC(CC(=N)C(=O)OC(C)(C)C)NC(=O)c1ccc(-c2noc(C(F)(F)F)n2)cc1. The Labute approximate surface area is 170 Å². The minimum Gasteiger partial charge on any atom is -0.456 e. The smallest absolute Gasteiger partial charge is 0.456 e. The van der Waals surface area contributed by atoms with Crippen molar-refractivity contribution in [1.29, 1.82) is 5.41 Å². The Morgan fingerprint density at radius 2 is 1.80 bits per heavy atom. The third kappa shape index (κ3) is 6.39. The molecule has 1 amide bonds. The maximum absolute atomic E-state index is 12.5. The van der Waals surface area contributed by atoms with Crippen LogP contribution in [0.5, 0.6) is 0 Å². The lowest BCUT2D eigenvalue weighted by Gasteiger charge is -2.20. The first-order valence-corrected chi connectivity index (χ1v) is 8.89. The van der Waals surface area contributed by atoms with Crippen LogP contribution < -0.4 is 5.32 Å². The van der Waals surface area contributed by atoms with Gasteiger partial charge < -0.3 is 14.6 Å². The van der Waals surface area contributed by atoms with Gasteiger partial charge in [-0.2, -0.15) is 18.2 Å². The molecule has 0 saturated heterocycles. The Balaban J connectivity index is 1.97. The Bertz CT molecular complexity index is 930. The largest absolute Gasteiger partial charge is 0.471 e. The van der Waals surface area contributed by atoms with Crippen molar-refractivity contribution in [3.05, 3.63) is 35.7 Å². The van der Waals surface area contributed by atoms with E-state index in [1.807, 2.05) is 0 Å². The predicted octanol–water partition coefficient (Wildman–Crippen LogP) is 3.63. The van der Waals surface area contributed by atoms with Crippen LogP contribution in [-0.4, -0.2) is 39.4 Å². The Hall–Kier alpha value is -3.24. The van der Waals surface area contributed by atoms with E-state index in [-0.39, 0.29) is 29.1 Å². The fraction of sp³-hybridized carbons (Fsp3) is 0.421. The molecule has 8 nitrogen and oxygen atoms in total. The third-order valence-corrected chi connectivity index (χ3v) is 3.61. The zero-order valence-electron chi connectivity index (χ0n) is 16.8. The van der Waals surface area contributed by atoms with Crippen LogP contribution in [0.25, 0.3) is 11.4 Å². The van der Waals surface area contributed by atoms with Crippen LogP contribution in [0.15, 0.2) is 28.8 Å². The molecule has 1 atom stereocenters. The molecule has 1 unspecified atom stereocenters. The number of benzene rings is 1. The van der Waals surface area contributed by atoms with Crippen molar-refractivity contribution in [2.45, 2.75) is 51.9 Å². The Morgan fingerprint density at radius 1 is 1.20 bits per heavy atom. The summed E-state index contributed by atoms with van der Waals surface area (Å²) in [6.07, 6.45) is -4.77. The normalized spacial score (nSPS) is 12.9.